The molecule has 5 heteroatoms. The molecule has 0 aromatic heterocycles. The fraction of sp³-hybridized carbons (Fsp3) is 0.350. The van der Waals surface area contributed by atoms with Crippen LogP contribution in [0.2, 0.25) is 0 Å². The lowest BCUT2D eigenvalue weighted by molar-refractivity contribution is -0.138. The molecule has 1 atom stereocenters. The van der Waals surface area contributed by atoms with E-state index in [1.165, 1.54) is 18.5 Å². The molecule has 25 heavy (non-hydrogen) atoms. The highest BCUT2D eigenvalue weighted by Gasteiger charge is 2.24. The Hall–Kier alpha value is -2.69. The number of carboxylic acid groups (broad SMARTS) is 1. The van der Waals surface area contributed by atoms with Crippen LogP contribution in [-0.2, 0) is 11.2 Å². The maximum Gasteiger partial charge on any atom is 0.311 e. The summed E-state index contributed by atoms with van der Waals surface area (Å²) in [5, 5.41) is 9.68. The fourth-order valence-corrected chi connectivity index (χ4v) is 3.53. The first kappa shape index (κ1) is 15.8. The van der Waals surface area contributed by atoms with E-state index in [2.05, 4.69) is 17.0 Å². The summed E-state index contributed by atoms with van der Waals surface area (Å²) in [6, 6.07) is 13.6. The van der Waals surface area contributed by atoms with E-state index in [1.54, 1.807) is 12.1 Å². The molecule has 0 bridgehead atoms. The average Bonchev–Trinajstić information content (AvgIpc) is 3.31. The van der Waals surface area contributed by atoms with E-state index in [-0.39, 0.29) is 6.79 Å². The second-order valence-electron chi connectivity index (χ2n) is 6.57. The van der Waals surface area contributed by atoms with E-state index in [0.717, 1.165) is 24.2 Å². The van der Waals surface area contributed by atoms with E-state index in [4.69, 9.17) is 9.47 Å². The molecule has 0 amide bonds. The number of aliphatic carboxylic acids is 1. The highest BCUT2D eigenvalue weighted by Crippen LogP contribution is 2.35. The van der Waals surface area contributed by atoms with Crippen molar-refractivity contribution in [3.63, 3.8) is 0 Å². The Morgan fingerprint density at radius 2 is 1.76 bits per heavy atom. The lowest BCUT2D eigenvalue weighted by Gasteiger charge is -2.18. The van der Waals surface area contributed by atoms with Gasteiger partial charge in [-0.3, -0.25) is 4.79 Å². The van der Waals surface area contributed by atoms with Crippen LogP contribution < -0.4 is 14.4 Å². The second kappa shape index (κ2) is 6.67. The molecule has 130 valence electrons. The smallest absolute Gasteiger partial charge is 0.311 e. The van der Waals surface area contributed by atoms with Crippen molar-refractivity contribution in [1.29, 1.82) is 0 Å². The molecule has 2 aromatic rings. The van der Waals surface area contributed by atoms with Crippen LogP contribution in [0.5, 0.6) is 11.5 Å². The van der Waals surface area contributed by atoms with Gasteiger partial charge in [0.2, 0.25) is 6.79 Å². The summed E-state index contributed by atoms with van der Waals surface area (Å²) in [5.74, 6) is -0.148. The number of hydrogen-bond acceptors (Lipinski definition) is 4. The Balaban J connectivity index is 1.52. The van der Waals surface area contributed by atoms with Crippen molar-refractivity contribution in [3.05, 3.63) is 53.6 Å². The Kier molecular flexibility index (Phi) is 4.22. The van der Waals surface area contributed by atoms with Crippen molar-refractivity contribution < 1.29 is 19.4 Å². The molecule has 2 heterocycles. The third-order valence-corrected chi connectivity index (χ3v) is 4.94. The van der Waals surface area contributed by atoms with Crippen LogP contribution in [0.3, 0.4) is 0 Å². The van der Waals surface area contributed by atoms with Gasteiger partial charge >= 0.3 is 5.97 Å². The second-order valence-corrected chi connectivity index (χ2v) is 6.57. The number of benzene rings is 2. The van der Waals surface area contributed by atoms with Gasteiger partial charge < -0.3 is 19.5 Å². The number of anilines is 1. The molecule has 2 aliphatic rings. The molecule has 1 unspecified atom stereocenters. The summed E-state index contributed by atoms with van der Waals surface area (Å²) >= 11 is 0. The highest BCUT2D eigenvalue weighted by atomic mass is 16.7. The molecule has 1 fully saturated rings. The van der Waals surface area contributed by atoms with Gasteiger partial charge in [0.25, 0.3) is 0 Å². The largest absolute Gasteiger partial charge is 0.481 e. The molecule has 0 aliphatic carbocycles. The molecule has 2 aromatic carbocycles. The third-order valence-electron chi connectivity index (χ3n) is 4.94. The van der Waals surface area contributed by atoms with Gasteiger partial charge in [0.1, 0.15) is 0 Å². The number of carbonyl (C=O) groups is 1. The van der Waals surface area contributed by atoms with Crippen LogP contribution in [0, 0.1) is 0 Å². The lowest BCUT2D eigenvalue weighted by atomic mass is 9.91. The summed E-state index contributed by atoms with van der Waals surface area (Å²) < 4.78 is 10.7. The van der Waals surface area contributed by atoms with Crippen LogP contribution in [0.1, 0.15) is 29.9 Å². The molecular formula is C20H21NO4. The van der Waals surface area contributed by atoms with Gasteiger partial charge in [-0.05, 0) is 54.7 Å². The van der Waals surface area contributed by atoms with E-state index >= 15 is 0 Å². The summed E-state index contributed by atoms with van der Waals surface area (Å²) in [4.78, 5) is 14.2. The van der Waals surface area contributed by atoms with Gasteiger partial charge in [0.15, 0.2) is 11.5 Å². The molecule has 1 saturated heterocycles. The van der Waals surface area contributed by atoms with Gasteiger partial charge in [0.05, 0.1) is 5.92 Å². The highest BCUT2D eigenvalue weighted by molar-refractivity contribution is 5.77. The molecular weight excluding hydrogens is 318 g/mol. The van der Waals surface area contributed by atoms with Crippen molar-refractivity contribution >= 4 is 11.7 Å². The Bertz CT molecular complexity index is 766. The van der Waals surface area contributed by atoms with Crippen LogP contribution >= 0.6 is 0 Å². The lowest BCUT2D eigenvalue weighted by Crippen LogP contribution is -2.17. The molecule has 1 N–H and O–H groups in total. The van der Waals surface area contributed by atoms with E-state index in [9.17, 15) is 9.90 Å². The number of carboxylic acids is 1. The first-order chi connectivity index (χ1) is 12.2. The predicted octanol–water partition coefficient (Wildman–Crippen LogP) is 3.43. The monoisotopic (exact) mass is 339 g/mol. The van der Waals surface area contributed by atoms with Crippen molar-refractivity contribution in [2.24, 2.45) is 0 Å². The van der Waals surface area contributed by atoms with Gasteiger partial charge in [-0.2, -0.15) is 0 Å². The minimum Gasteiger partial charge on any atom is -0.481 e. The zero-order valence-corrected chi connectivity index (χ0v) is 14.0. The van der Waals surface area contributed by atoms with Crippen LogP contribution in [0.15, 0.2) is 42.5 Å². The Morgan fingerprint density at radius 1 is 1.04 bits per heavy atom. The topological polar surface area (TPSA) is 59.0 Å². The number of nitrogens with zero attached hydrogens (tertiary/aromatic N) is 1. The number of fused-ring (bicyclic) bond motifs is 1. The minimum atomic E-state index is -0.831. The molecule has 5 nitrogen and oxygen atoms in total. The van der Waals surface area contributed by atoms with Crippen molar-refractivity contribution in [2.75, 3.05) is 24.8 Å². The van der Waals surface area contributed by atoms with Crippen molar-refractivity contribution in [1.82, 2.24) is 0 Å². The zero-order valence-electron chi connectivity index (χ0n) is 14.0. The van der Waals surface area contributed by atoms with Gasteiger partial charge in [-0.25, -0.2) is 0 Å². The number of hydrogen-bond donors (Lipinski definition) is 1. The first-order valence-electron chi connectivity index (χ1n) is 8.67. The quantitative estimate of drug-likeness (QED) is 0.904. The van der Waals surface area contributed by atoms with Crippen molar-refractivity contribution in [2.45, 2.75) is 25.2 Å². The standard InChI is InChI=1S/C20H21NO4/c22-20(23)17(15-5-8-18-19(12-15)25-13-24-18)11-14-3-6-16(7-4-14)21-9-1-2-10-21/h3-8,12,17H,1-2,9-11,13H2,(H,22,23). The van der Waals surface area contributed by atoms with Crippen LogP contribution in [0.25, 0.3) is 0 Å². The number of rotatable bonds is 5. The first-order valence-corrected chi connectivity index (χ1v) is 8.67. The summed E-state index contributed by atoms with van der Waals surface area (Å²) in [6.45, 7) is 2.40. The SMILES string of the molecule is O=C(O)C(Cc1ccc(N2CCCC2)cc1)c1ccc2c(c1)OCO2. The minimum absolute atomic E-state index is 0.189. The molecule has 0 spiro atoms. The van der Waals surface area contributed by atoms with E-state index in [0.29, 0.717) is 17.9 Å². The Morgan fingerprint density at radius 3 is 2.48 bits per heavy atom. The fourth-order valence-electron chi connectivity index (χ4n) is 3.53. The average molecular weight is 339 g/mol. The molecule has 4 rings (SSSR count). The maximum atomic E-state index is 11.8. The van der Waals surface area contributed by atoms with Crippen molar-refractivity contribution in [3.8, 4) is 11.5 Å². The van der Waals surface area contributed by atoms with E-state index in [1.807, 2.05) is 18.2 Å². The van der Waals surface area contributed by atoms with E-state index < -0.39 is 11.9 Å². The normalized spacial score (nSPS) is 16.9. The summed E-state index contributed by atoms with van der Waals surface area (Å²) in [6.07, 6.45) is 2.94. The van der Waals surface area contributed by atoms with Gasteiger partial charge in [0, 0.05) is 18.8 Å². The summed E-state index contributed by atoms with van der Waals surface area (Å²) in [5.41, 5.74) is 2.98. The predicted molar refractivity (Wildman–Crippen MR) is 94.5 cm³/mol. The Labute approximate surface area is 146 Å². The van der Waals surface area contributed by atoms with Crippen LogP contribution in [-0.4, -0.2) is 31.0 Å². The maximum absolute atomic E-state index is 11.8. The number of ether oxygens (including phenoxy) is 2. The zero-order chi connectivity index (χ0) is 17.2. The van der Waals surface area contributed by atoms with Gasteiger partial charge in [-0.1, -0.05) is 18.2 Å². The molecule has 0 saturated carbocycles. The third kappa shape index (κ3) is 3.27. The molecule has 2 aliphatic heterocycles. The molecule has 0 radical (unpaired) electrons. The van der Waals surface area contributed by atoms with Crippen LogP contribution in [0.4, 0.5) is 5.69 Å². The summed E-state index contributed by atoms with van der Waals surface area (Å²) in [7, 11) is 0. The van der Waals surface area contributed by atoms with Gasteiger partial charge in [-0.15, -0.1) is 0 Å².